The zero-order valence-corrected chi connectivity index (χ0v) is 11.7. The first-order valence-corrected chi connectivity index (χ1v) is 6.65. The van der Waals surface area contributed by atoms with Crippen LogP contribution >= 0.6 is 0 Å². The maximum Gasteiger partial charge on any atom is 0.315 e. The average Bonchev–Trinajstić information content (AvgIpc) is 3.22. The Morgan fingerprint density at radius 1 is 1.21 bits per heavy atom. The van der Waals surface area contributed by atoms with Gasteiger partial charge >= 0.3 is 5.97 Å². The molecule has 0 atom stereocenters. The highest BCUT2D eigenvalue weighted by molar-refractivity contribution is 5.85. The molecule has 3 nitrogen and oxygen atoms in total. The molecular weight excluding hydrogens is 240 g/mol. The number of carbonyl (C=O) groups is 2. The number of hydrogen-bond donors (Lipinski definition) is 0. The summed E-state index contributed by atoms with van der Waals surface area (Å²) in [5.74, 6) is 0.375. The summed E-state index contributed by atoms with van der Waals surface area (Å²) in [6.07, 6.45) is 2.60. The summed E-state index contributed by atoms with van der Waals surface area (Å²) in [7, 11) is 1.40. The first-order valence-electron chi connectivity index (χ1n) is 6.65. The van der Waals surface area contributed by atoms with Crippen LogP contribution in [0.2, 0.25) is 0 Å². The minimum absolute atomic E-state index is 0.255. The van der Waals surface area contributed by atoms with Gasteiger partial charge in [0.1, 0.15) is 5.78 Å². The fourth-order valence-corrected chi connectivity index (χ4v) is 2.16. The first kappa shape index (κ1) is 13.8. The Kier molecular flexibility index (Phi) is 3.74. The zero-order chi connectivity index (χ0) is 14.0. The number of Topliss-reactive ketones (excluding diaryl/α,β-unsaturated/α-hetero) is 1. The molecule has 2 rings (SSSR count). The van der Waals surface area contributed by atoms with Gasteiger partial charge in [-0.25, -0.2) is 0 Å². The van der Waals surface area contributed by atoms with Crippen molar-refractivity contribution in [2.75, 3.05) is 7.11 Å². The molecule has 0 N–H and O–H groups in total. The van der Waals surface area contributed by atoms with E-state index >= 15 is 0 Å². The summed E-state index contributed by atoms with van der Waals surface area (Å²) >= 11 is 0. The Morgan fingerprint density at radius 3 is 2.26 bits per heavy atom. The van der Waals surface area contributed by atoms with Crippen LogP contribution in [0.4, 0.5) is 0 Å². The van der Waals surface area contributed by atoms with Crippen molar-refractivity contribution in [3.05, 3.63) is 35.4 Å². The molecule has 1 fully saturated rings. The van der Waals surface area contributed by atoms with E-state index < -0.39 is 5.41 Å². The maximum atomic E-state index is 11.7. The third-order valence-electron chi connectivity index (χ3n) is 3.78. The van der Waals surface area contributed by atoms with E-state index in [2.05, 4.69) is 0 Å². The number of hydrogen-bond acceptors (Lipinski definition) is 3. The third kappa shape index (κ3) is 3.03. The van der Waals surface area contributed by atoms with Gasteiger partial charge in [0.25, 0.3) is 0 Å². The molecule has 0 aromatic heterocycles. The maximum absolute atomic E-state index is 11.7. The third-order valence-corrected chi connectivity index (χ3v) is 3.78. The van der Waals surface area contributed by atoms with E-state index in [-0.39, 0.29) is 5.97 Å². The lowest BCUT2D eigenvalue weighted by molar-refractivity contribution is -0.146. The molecule has 1 aliphatic rings. The second kappa shape index (κ2) is 5.16. The summed E-state index contributed by atoms with van der Waals surface area (Å²) in [6.45, 7) is 3.67. The van der Waals surface area contributed by atoms with E-state index in [1.807, 2.05) is 38.1 Å². The van der Waals surface area contributed by atoms with Crippen LogP contribution < -0.4 is 0 Å². The fraction of sp³-hybridized carbons (Fsp3) is 0.500. The molecule has 0 unspecified atom stereocenters. The second-order valence-corrected chi connectivity index (χ2v) is 5.73. The Balaban J connectivity index is 2.09. The highest BCUT2D eigenvalue weighted by Gasteiger charge is 2.31. The first-order chi connectivity index (χ1) is 8.95. The smallest absolute Gasteiger partial charge is 0.315 e. The summed E-state index contributed by atoms with van der Waals surface area (Å²) < 4.78 is 4.81. The van der Waals surface area contributed by atoms with E-state index in [1.54, 1.807) is 0 Å². The van der Waals surface area contributed by atoms with Crippen molar-refractivity contribution in [1.29, 1.82) is 0 Å². The minimum Gasteiger partial charge on any atom is -0.468 e. The van der Waals surface area contributed by atoms with Crippen molar-refractivity contribution in [3.8, 4) is 0 Å². The van der Waals surface area contributed by atoms with E-state index in [1.165, 1.54) is 7.11 Å². The average molecular weight is 260 g/mol. The number of rotatable bonds is 5. The second-order valence-electron chi connectivity index (χ2n) is 5.73. The Bertz CT molecular complexity index is 481. The van der Waals surface area contributed by atoms with Gasteiger partial charge in [0.2, 0.25) is 0 Å². The van der Waals surface area contributed by atoms with Crippen LogP contribution in [0.25, 0.3) is 0 Å². The molecule has 0 spiro atoms. The molecule has 0 aliphatic heterocycles. The molecule has 1 aliphatic carbocycles. The monoisotopic (exact) mass is 260 g/mol. The van der Waals surface area contributed by atoms with Crippen molar-refractivity contribution in [3.63, 3.8) is 0 Å². The number of esters is 1. The van der Waals surface area contributed by atoms with E-state index in [9.17, 15) is 9.59 Å². The molecule has 1 aromatic carbocycles. The Morgan fingerprint density at radius 2 is 1.79 bits per heavy atom. The standard InChI is InChI=1S/C16H20O3/c1-16(2,15(18)19-3)13-8-4-11(5-9-13)10-14(17)12-6-7-12/h4-5,8-9,12H,6-7,10H2,1-3H3. The lowest BCUT2D eigenvalue weighted by Gasteiger charge is -2.22. The molecule has 0 radical (unpaired) electrons. The van der Waals surface area contributed by atoms with Crippen LogP contribution in [-0.4, -0.2) is 18.9 Å². The molecule has 102 valence electrons. The van der Waals surface area contributed by atoms with Crippen LogP contribution in [0.1, 0.15) is 37.8 Å². The van der Waals surface area contributed by atoms with E-state index in [4.69, 9.17) is 4.74 Å². The minimum atomic E-state index is -0.659. The van der Waals surface area contributed by atoms with Crippen LogP contribution in [-0.2, 0) is 26.2 Å². The van der Waals surface area contributed by atoms with Crippen molar-refractivity contribution >= 4 is 11.8 Å². The molecule has 0 saturated heterocycles. The lowest BCUT2D eigenvalue weighted by atomic mass is 9.84. The predicted molar refractivity (Wildman–Crippen MR) is 72.9 cm³/mol. The van der Waals surface area contributed by atoms with E-state index in [0.29, 0.717) is 18.1 Å². The zero-order valence-electron chi connectivity index (χ0n) is 11.7. The Hall–Kier alpha value is -1.64. The molecular formula is C16H20O3. The molecule has 0 amide bonds. The highest BCUT2D eigenvalue weighted by atomic mass is 16.5. The summed E-state index contributed by atoms with van der Waals surface area (Å²) in [4.78, 5) is 23.5. The molecule has 1 aromatic rings. The number of ether oxygens (including phenoxy) is 1. The van der Waals surface area contributed by atoms with Crippen molar-refractivity contribution in [2.24, 2.45) is 5.92 Å². The Labute approximate surface area is 114 Å². The van der Waals surface area contributed by atoms with Crippen LogP contribution in [0.15, 0.2) is 24.3 Å². The van der Waals surface area contributed by atoms with Crippen molar-refractivity contribution < 1.29 is 14.3 Å². The topological polar surface area (TPSA) is 43.4 Å². The summed E-state index contributed by atoms with van der Waals surface area (Å²) in [5.41, 5.74) is 1.26. The van der Waals surface area contributed by atoms with Crippen molar-refractivity contribution in [2.45, 2.75) is 38.5 Å². The SMILES string of the molecule is COC(=O)C(C)(C)c1ccc(CC(=O)C2CC2)cc1. The molecule has 3 heteroatoms. The van der Waals surface area contributed by atoms with Gasteiger partial charge in [-0.05, 0) is 37.8 Å². The number of ketones is 1. The van der Waals surface area contributed by atoms with Gasteiger partial charge in [0, 0.05) is 12.3 Å². The largest absolute Gasteiger partial charge is 0.468 e. The summed E-state index contributed by atoms with van der Waals surface area (Å²) in [6, 6.07) is 7.68. The van der Waals surface area contributed by atoms with Crippen LogP contribution in [0.5, 0.6) is 0 Å². The quantitative estimate of drug-likeness (QED) is 0.764. The molecule has 0 bridgehead atoms. The molecule has 1 saturated carbocycles. The highest BCUT2D eigenvalue weighted by Crippen LogP contribution is 2.31. The van der Waals surface area contributed by atoms with Gasteiger partial charge in [-0.3, -0.25) is 9.59 Å². The van der Waals surface area contributed by atoms with Gasteiger partial charge in [0.15, 0.2) is 0 Å². The fourth-order valence-electron chi connectivity index (χ4n) is 2.16. The normalized spacial score (nSPS) is 15.1. The predicted octanol–water partition coefficient (Wildman–Crippen LogP) is 2.66. The van der Waals surface area contributed by atoms with Gasteiger partial charge in [-0.1, -0.05) is 24.3 Å². The molecule has 19 heavy (non-hydrogen) atoms. The number of carbonyl (C=O) groups excluding carboxylic acids is 2. The van der Waals surface area contributed by atoms with Gasteiger partial charge in [0.05, 0.1) is 12.5 Å². The van der Waals surface area contributed by atoms with E-state index in [0.717, 1.165) is 24.0 Å². The van der Waals surface area contributed by atoms with Crippen LogP contribution in [0.3, 0.4) is 0 Å². The van der Waals surface area contributed by atoms with Crippen molar-refractivity contribution in [1.82, 2.24) is 0 Å². The lowest BCUT2D eigenvalue weighted by Crippen LogP contribution is -2.30. The van der Waals surface area contributed by atoms with Gasteiger partial charge in [-0.2, -0.15) is 0 Å². The van der Waals surface area contributed by atoms with Gasteiger partial charge in [-0.15, -0.1) is 0 Å². The number of benzene rings is 1. The molecule has 0 heterocycles. The van der Waals surface area contributed by atoms with Crippen LogP contribution in [0, 0.1) is 5.92 Å². The summed E-state index contributed by atoms with van der Waals surface area (Å²) in [5, 5.41) is 0. The van der Waals surface area contributed by atoms with Gasteiger partial charge < -0.3 is 4.74 Å². The number of methoxy groups -OCH3 is 1.